The van der Waals surface area contributed by atoms with E-state index in [0.29, 0.717) is 0 Å². The highest BCUT2D eigenvalue weighted by Crippen LogP contribution is 2.40. The van der Waals surface area contributed by atoms with E-state index in [4.69, 9.17) is 0 Å². The lowest BCUT2D eigenvalue weighted by molar-refractivity contribution is 0.589. The summed E-state index contributed by atoms with van der Waals surface area (Å²) < 4.78 is 1.03. The Balaban J connectivity index is 1.88. The van der Waals surface area contributed by atoms with Crippen molar-refractivity contribution >= 4 is 39.0 Å². The van der Waals surface area contributed by atoms with Crippen molar-refractivity contribution in [2.75, 3.05) is 35.6 Å². The van der Waals surface area contributed by atoms with Crippen LogP contribution >= 0.6 is 15.9 Å². The summed E-state index contributed by atoms with van der Waals surface area (Å²) in [6.07, 6.45) is 0. The second-order valence-corrected chi connectivity index (χ2v) is 6.29. The van der Waals surface area contributed by atoms with Crippen LogP contribution in [0.3, 0.4) is 0 Å². The third kappa shape index (κ3) is 2.49. The molecule has 102 valence electrons. The molecule has 0 bridgehead atoms. The molecule has 0 spiro atoms. The van der Waals surface area contributed by atoms with E-state index in [0.717, 1.165) is 47.1 Å². The van der Waals surface area contributed by atoms with Crippen molar-refractivity contribution in [2.45, 2.75) is 19.4 Å². The zero-order chi connectivity index (χ0) is 13.5. The van der Waals surface area contributed by atoms with Crippen molar-refractivity contribution in [1.29, 1.82) is 0 Å². The summed E-state index contributed by atoms with van der Waals surface area (Å²) in [5, 5.41) is 13.5. The van der Waals surface area contributed by atoms with Gasteiger partial charge in [0.15, 0.2) is 5.96 Å². The van der Waals surface area contributed by atoms with Crippen molar-refractivity contribution in [3.63, 3.8) is 0 Å². The maximum atomic E-state index is 4.34. The molecule has 2 aliphatic heterocycles. The monoisotopic (exact) mass is 323 g/mol. The molecule has 0 saturated carbocycles. The quantitative estimate of drug-likeness (QED) is 0.641. The highest BCUT2D eigenvalue weighted by molar-refractivity contribution is 9.10. The lowest BCUT2D eigenvalue weighted by atomic mass is 10.0. The first kappa shape index (κ1) is 12.6. The molecule has 6 heteroatoms. The van der Waals surface area contributed by atoms with Gasteiger partial charge in [-0.05, 0) is 41.9 Å². The number of benzene rings is 1. The van der Waals surface area contributed by atoms with E-state index >= 15 is 0 Å². The molecule has 0 amide bonds. The van der Waals surface area contributed by atoms with Gasteiger partial charge < -0.3 is 21.3 Å². The van der Waals surface area contributed by atoms with Gasteiger partial charge in [0.1, 0.15) is 0 Å². The van der Waals surface area contributed by atoms with E-state index in [1.54, 1.807) is 0 Å². The third-order valence-corrected chi connectivity index (χ3v) is 4.07. The van der Waals surface area contributed by atoms with E-state index < -0.39 is 0 Å². The number of nitrogens with one attached hydrogen (secondary N) is 4. The Morgan fingerprint density at radius 3 is 2.89 bits per heavy atom. The van der Waals surface area contributed by atoms with Gasteiger partial charge in [-0.15, -0.1) is 0 Å². The number of anilines is 3. The summed E-state index contributed by atoms with van der Waals surface area (Å²) >= 11 is 3.66. The normalized spacial score (nSPS) is 19.6. The van der Waals surface area contributed by atoms with Crippen LogP contribution in [0.1, 0.15) is 13.8 Å². The molecular formula is C13H18BrN5. The van der Waals surface area contributed by atoms with Crippen molar-refractivity contribution in [3.8, 4) is 0 Å². The van der Waals surface area contributed by atoms with Crippen LogP contribution in [0.2, 0.25) is 0 Å². The molecule has 4 N–H and O–H groups in total. The highest BCUT2D eigenvalue weighted by Gasteiger charge is 2.26. The molecule has 0 atom stereocenters. The van der Waals surface area contributed by atoms with Gasteiger partial charge in [-0.3, -0.25) is 4.99 Å². The van der Waals surface area contributed by atoms with Crippen molar-refractivity contribution in [3.05, 3.63) is 16.6 Å². The number of halogens is 1. The molecule has 0 aromatic heterocycles. The first-order valence-corrected chi connectivity index (χ1v) is 7.24. The summed E-state index contributed by atoms with van der Waals surface area (Å²) in [5.74, 6) is 0.838. The van der Waals surface area contributed by atoms with Crippen LogP contribution in [0.15, 0.2) is 21.6 Å². The Hall–Kier alpha value is -1.43. The second-order valence-electron chi connectivity index (χ2n) is 5.49. The van der Waals surface area contributed by atoms with Gasteiger partial charge in [0.2, 0.25) is 0 Å². The van der Waals surface area contributed by atoms with Gasteiger partial charge in [-0.25, -0.2) is 0 Å². The van der Waals surface area contributed by atoms with Gasteiger partial charge >= 0.3 is 0 Å². The molecule has 5 nitrogen and oxygen atoms in total. The largest absolute Gasteiger partial charge is 0.380 e. The molecule has 0 radical (unpaired) electrons. The molecule has 0 aliphatic carbocycles. The number of guanidine groups is 1. The van der Waals surface area contributed by atoms with Crippen LogP contribution in [0, 0.1) is 0 Å². The molecule has 19 heavy (non-hydrogen) atoms. The van der Waals surface area contributed by atoms with Crippen LogP contribution in [-0.4, -0.2) is 31.1 Å². The summed E-state index contributed by atoms with van der Waals surface area (Å²) in [6, 6.07) is 4.15. The van der Waals surface area contributed by atoms with E-state index in [1.165, 1.54) is 0 Å². The standard InChI is InChI=1S/C13H18BrN5/c1-13(2)7-17-11-9(19-13)4-3-8(10(11)14)18-12-15-5-6-16-12/h3-4,17,19H,5-7H2,1-2H3,(H2,15,16,18). The molecule has 1 aromatic carbocycles. The predicted molar refractivity (Wildman–Crippen MR) is 84.3 cm³/mol. The van der Waals surface area contributed by atoms with Crippen LogP contribution in [0.4, 0.5) is 17.1 Å². The third-order valence-electron chi connectivity index (χ3n) is 3.25. The Bertz CT molecular complexity index is 538. The van der Waals surface area contributed by atoms with Gasteiger partial charge in [0, 0.05) is 18.6 Å². The molecule has 3 rings (SSSR count). The second kappa shape index (κ2) is 4.59. The molecular weight excluding hydrogens is 306 g/mol. The zero-order valence-electron chi connectivity index (χ0n) is 11.1. The highest BCUT2D eigenvalue weighted by atomic mass is 79.9. The SMILES string of the molecule is CC1(C)CNc2c(ccc(NC3=NCCN3)c2Br)N1. The maximum absolute atomic E-state index is 4.34. The van der Waals surface area contributed by atoms with Crippen molar-refractivity contribution < 1.29 is 0 Å². The molecule has 0 fully saturated rings. The minimum atomic E-state index is 0.0679. The minimum absolute atomic E-state index is 0.0679. The molecule has 0 saturated heterocycles. The smallest absolute Gasteiger partial charge is 0.195 e. The van der Waals surface area contributed by atoms with Crippen LogP contribution in [-0.2, 0) is 0 Å². The lowest BCUT2D eigenvalue weighted by Gasteiger charge is -2.35. The van der Waals surface area contributed by atoms with E-state index in [1.807, 2.05) is 0 Å². The molecule has 2 heterocycles. The Morgan fingerprint density at radius 2 is 2.16 bits per heavy atom. The fourth-order valence-corrected chi connectivity index (χ4v) is 2.86. The van der Waals surface area contributed by atoms with Crippen molar-refractivity contribution in [2.24, 2.45) is 4.99 Å². The summed E-state index contributed by atoms with van der Waals surface area (Å²) in [7, 11) is 0. The summed E-state index contributed by atoms with van der Waals surface area (Å²) in [4.78, 5) is 4.34. The van der Waals surface area contributed by atoms with E-state index in [9.17, 15) is 0 Å². The topological polar surface area (TPSA) is 60.5 Å². The van der Waals surface area contributed by atoms with Gasteiger partial charge in [-0.1, -0.05) is 0 Å². The first-order chi connectivity index (χ1) is 9.05. The maximum Gasteiger partial charge on any atom is 0.195 e. The van der Waals surface area contributed by atoms with Crippen LogP contribution in [0.5, 0.6) is 0 Å². The van der Waals surface area contributed by atoms with E-state index in [2.05, 4.69) is 68.2 Å². The number of hydrogen-bond donors (Lipinski definition) is 4. The van der Waals surface area contributed by atoms with Gasteiger partial charge in [0.05, 0.1) is 28.1 Å². The Kier molecular flexibility index (Phi) is 3.05. The number of hydrogen-bond acceptors (Lipinski definition) is 5. The number of rotatable bonds is 1. The predicted octanol–water partition coefficient (Wildman–Crippen LogP) is 2.44. The average molecular weight is 324 g/mol. The zero-order valence-corrected chi connectivity index (χ0v) is 12.7. The van der Waals surface area contributed by atoms with Crippen molar-refractivity contribution in [1.82, 2.24) is 5.32 Å². The molecule has 1 aromatic rings. The number of fused-ring (bicyclic) bond motifs is 1. The Labute approximate surface area is 121 Å². The van der Waals surface area contributed by atoms with E-state index in [-0.39, 0.29) is 5.54 Å². The summed E-state index contributed by atoms with van der Waals surface area (Å²) in [5.41, 5.74) is 3.30. The molecule has 2 aliphatic rings. The van der Waals surface area contributed by atoms with Crippen LogP contribution < -0.4 is 21.3 Å². The van der Waals surface area contributed by atoms with Crippen LogP contribution in [0.25, 0.3) is 0 Å². The Morgan fingerprint density at radius 1 is 1.32 bits per heavy atom. The fraction of sp³-hybridized carbons (Fsp3) is 0.462. The molecule has 0 unspecified atom stereocenters. The van der Waals surface area contributed by atoms with Gasteiger partial charge in [0.25, 0.3) is 0 Å². The fourth-order valence-electron chi connectivity index (χ4n) is 2.28. The number of nitrogens with zero attached hydrogens (tertiary/aromatic N) is 1. The summed E-state index contributed by atoms with van der Waals surface area (Å²) in [6.45, 7) is 6.99. The number of aliphatic imine (C=N–C) groups is 1. The average Bonchev–Trinajstić information content (AvgIpc) is 2.84. The lowest BCUT2D eigenvalue weighted by Crippen LogP contribution is -2.42. The first-order valence-electron chi connectivity index (χ1n) is 6.45. The minimum Gasteiger partial charge on any atom is -0.380 e. The van der Waals surface area contributed by atoms with Gasteiger partial charge in [-0.2, -0.15) is 0 Å².